The third-order valence-corrected chi connectivity index (χ3v) is 3.18. The number of hydrogen-bond acceptors (Lipinski definition) is 2. The van der Waals surface area contributed by atoms with E-state index in [1.54, 1.807) is 11.3 Å². The zero-order valence-corrected chi connectivity index (χ0v) is 9.71. The maximum Gasteiger partial charge on any atom is 0.102 e. The van der Waals surface area contributed by atoms with Crippen LogP contribution in [0.1, 0.15) is 13.8 Å². The maximum absolute atomic E-state index is 5.82. The molecule has 15 heavy (non-hydrogen) atoms. The molecular formula is C12H14N2S. The van der Waals surface area contributed by atoms with Crippen molar-refractivity contribution in [3.05, 3.63) is 29.6 Å². The lowest BCUT2D eigenvalue weighted by molar-refractivity contribution is 0.873. The summed E-state index contributed by atoms with van der Waals surface area (Å²) in [5.74, 6) is 0.979. The Balaban J connectivity index is 2.40. The van der Waals surface area contributed by atoms with Gasteiger partial charge in [0.05, 0.1) is 5.69 Å². The molecule has 2 rings (SSSR count). The summed E-state index contributed by atoms with van der Waals surface area (Å²) >= 11 is 1.74. The van der Waals surface area contributed by atoms with Crippen molar-refractivity contribution in [2.75, 3.05) is 0 Å². The first kappa shape index (κ1) is 10.2. The fourth-order valence-electron chi connectivity index (χ4n) is 1.30. The number of fused-ring (bicyclic) bond motifs is 1. The van der Waals surface area contributed by atoms with Crippen molar-refractivity contribution in [1.29, 1.82) is 0 Å². The smallest absolute Gasteiger partial charge is 0.102 e. The van der Waals surface area contributed by atoms with Gasteiger partial charge in [-0.2, -0.15) is 0 Å². The van der Waals surface area contributed by atoms with Crippen molar-refractivity contribution in [3.8, 4) is 0 Å². The topological polar surface area (TPSA) is 38.4 Å². The largest absolute Gasteiger partial charge is 0.387 e. The molecule has 1 heterocycles. The van der Waals surface area contributed by atoms with Crippen LogP contribution in [-0.2, 0) is 0 Å². The van der Waals surface area contributed by atoms with Gasteiger partial charge in [0.1, 0.15) is 5.84 Å². The normalized spacial score (nSPS) is 12.6. The van der Waals surface area contributed by atoms with Gasteiger partial charge in [0, 0.05) is 10.6 Å². The third-order valence-electron chi connectivity index (χ3n) is 2.29. The Kier molecular flexibility index (Phi) is 2.73. The van der Waals surface area contributed by atoms with Crippen LogP contribution in [0.15, 0.2) is 34.6 Å². The number of amidine groups is 1. The van der Waals surface area contributed by atoms with Crippen LogP contribution in [0.5, 0.6) is 0 Å². The zero-order valence-electron chi connectivity index (χ0n) is 8.90. The van der Waals surface area contributed by atoms with Crippen molar-refractivity contribution >= 4 is 32.9 Å². The molecule has 0 atom stereocenters. The molecule has 0 spiro atoms. The van der Waals surface area contributed by atoms with E-state index in [1.807, 2.05) is 19.9 Å². The molecule has 0 aliphatic heterocycles. The van der Waals surface area contributed by atoms with Crippen LogP contribution in [0.2, 0.25) is 0 Å². The molecule has 1 aromatic carbocycles. The van der Waals surface area contributed by atoms with Crippen molar-refractivity contribution < 1.29 is 0 Å². The molecule has 0 aliphatic carbocycles. The van der Waals surface area contributed by atoms with Gasteiger partial charge in [-0.3, -0.25) is 0 Å². The monoisotopic (exact) mass is 218 g/mol. The molecule has 78 valence electrons. The summed E-state index contributed by atoms with van der Waals surface area (Å²) < 4.78 is 1.29. The van der Waals surface area contributed by atoms with E-state index in [2.05, 4.69) is 28.6 Å². The Labute approximate surface area is 93.4 Å². The minimum Gasteiger partial charge on any atom is -0.387 e. The van der Waals surface area contributed by atoms with Crippen LogP contribution in [0.25, 0.3) is 10.1 Å². The van der Waals surface area contributed by atoms with Crippen LogP contribution < -0.4 is 5.73 Å². The zero-order chi connectivity index (χ0) is 10.8. The van der Waals surface area contributed by atoms with Gasteiger partial charge >= 0.3 is 0 Å². The summed E-state index contributed by atoms with van der Waals surface area (Å²) in [4.78, 5) is 4.39. The van der Waals surface area contributed by atoms with E-state index >= 15 is 0 Å². The average molecular weight is 218 g/mol. The lowest BCUT2D eigenvalue weighted by Crippen LogP contribution is -2.17. The Morgan fingerprint density at radius 1 is 1.33 bits per heavy atom. The highest BCUT2D eigenvalue weighted by Gasteiger charge is 2.00. The van der Waals surface area contributed by atoms with Crippen LogP contribution in [-0.4, -0.2) is 5.84 Å². The molecule has 0 bridgehead atoms. The third kappa shape index (κ3) is 2.18. The molecule has 0 unspecified atom stereocenters. The molecular weight excluding hydrogens is 204 g/mol. The summed E-state index contributed by atoms with van der Waals surface area (Å²) in [7, 11) is 0. The first-order chi connectivity index (χ1) is 7.16. The first-order valence-corrected chi connectivity index (χ1v) is 5.86. The SMILES string of the molecule is CC(C)C(N)=Nc1ccc2sccc2c1. The van der Waals surface area contributed by atoms with E-state index in [4.69, 9.17) is 5.73 Å². The molecule has 3 heteroatoms. The van der Waals surface area contributed by atoms with Gasteiger partial charge in [-0.15, -0.1) is 11.3 Å². The Morgan fingerprint density at radius 3 is 2.87 bits per heavy atom. The molecule has 2 nitrogen and oxygen atoms in total. The fraction of sp³-hybridized carbons (Fsp3) is 0.250. The molecule has 0 fully saturated rings. The van der Waals surface area contributed by atoms with Gasteiger partial charge in [0.25, 0.3) is 0 Å². The van der Waals surface area contributed by atoms with Crippen molar-refractivity contribution in [2.24, 2.45) is 16.6 Å². The van der Waals surface area contributed by atoms with E-state index in [-0.39, 0.29) is 0 Å². The van der Waals surface area contributed by atoms with Crippen LogP contribution in [0, 0.1) is 5.92 Å². The molecule has 0 saturated heterocycles. The van der Waals surface area contributed by atoms with Crippen molar-refractivity contribution in [2.45, 2.75) is 13.8 Å². The number of thiophene rings is 1. The molecule has 2 aromatic rings. The highest BCUT2D eigenvalue weighted by Crippen LogP contribution is 2.25. The van der Waals surface area contributed by atoms with Crippen molar-refractivity contribution in [3.63, 3.8) is 0 Å². The van der Waals surface area contributed by atoms with E-state index in [9.17, 15) is 0 Å². The first-order valence-electron chi connectivity index (χ1n) is 4.98. The minimum atomic E-state index is 0.295. The van der Waals surface area contributed by atoms with E-state index in [0.29, 0.717) is 11.8 Å². The number of benzene rings is 1. The van der Waals surface area contributed by atoms with Gasteiger partial charge in [-0.1, -0.05) is 13.8 Å². The van der Waals surface area contributed by atoms with Gasteiger partial charge in [-0.05, 0) is 35.0 Å². The second-order valence-corrected chi connectivity index (χ2v) is 4.78. The van der Waals surface area contributed by atoms with Gasteiger partial charge in [-0.25, -0.2) is 4.99 Å². The molecule has 0 radical (unpaired) electrons. The minimum absolute atomic E-state index is 0.295. The predicted molar refractivity (Wildman–Crippen MR) is 67.9 cm³/mol. The van der Waals surface area contributed by atoms with Gasteiger partial charge in [0.15, 0.2) is 0 Å². The van der Waals surface area contributed by atoms with Crippen LogP contribution in [0.3, 0.4) is 0 Å². The van der Waals surface area contributed by atoms with E-state index in [1.165, 1.54) is 10.1 Å². The van der Waals surface area contributed by atoms with Gasteiger partial charge in [0.2, 0.25) is 0 Å². The number of rotatable bonds is 2. The van der Waals surface area contributed by atoms with Crippen LogP contribution in [0.4, 0.5) is 5.69 Å². The number of hydrogen-bond donors (Lipinski definition) is 1. The molecule has 0 aliphatic rings. The standard InChI is InChI=1S/C12H14N2S/c1-8(2)12(13)14-10-3-4-11-9(7-10)5-6-15-11/h3-8H,1-2H3,(H2,13,14). The summed E-state index contributed by atoms with van der Waals surface area (Å²) in [5.41, 5.74) is 6.76. The summed E-state index contributed by atoms with van der Waals surface area (Å²) in [6, 6.07) is 8.27. The Hall–Kier alpha value is -1.35. The number of nitrogens with zero attached hydrogens (tertiary/aromatic N) is 1. The van der Waals surface area contributed by atoms with E-state index in [0.717, 1.165) is 5.69 Å². The summed E-state index contributed by atoms with van der Waals surface area (Å²) in [6.45, 7) is 4.09. The second kappa shape index (κ2) is 4.03. The van der Waals surface area contributed by atoms with Crippen LogP contribution >= 0.6 is 11.3 Å². The summed E-state index contributed by atoms with van der Waals surface area (Å²) in [5, 5.41) is 3.32. The molecule has 0 amide bonds. The number of nitrogens with two attached hydrogens (primary N) is 1. The maximum atomic E-state index is 5.82. The lowest BCUT2D eigenvalue weighted by Gasteiger charge is -2.03. The molecule has 2 N–H and O–H groups in total. The predicted octanol–water partition coefficient (Wildman–Crippen LogP) is 3.55. The highest BCUT2D eigenvalue weighted by atomic mass is 32.1. The quantitative estimate of drug-likeness (QED) is 0.607. The lowest BCUT2D eigenvalue weighted by atomic mass is 10.2. The second-order valence-electron chi connectivity index (χ2n) is 3.83. The Morgan fingerprint density at radius 2 is 2.13 bits per heavy atom. The molecule has 0 saturated carbocycles. The van der Waals surface area contributed by atoms with E-state index < -0.39 is 0 Å². The highest BCUT2D eigenvalue weighted by molar-refractivity contribution is 7.17. The fourth-order valence-corrected chi connectivity index (χ4v) is 2.07. The van der Waals surface area contributed by atoms with Gasteiger partial charge < -0.3 is 5.73 Å². The summed E-state index contributed by atoms with van der Waals surface area (Å²) in [6.07, 6.45) is 0. The average Bonchev–Trinajstić information content (AvgIpc) is 2.64. The molecule has 1 aromatic heterocycles. The Bertz CT molecular complexity index is 497. The van der Waals surface area contributed by atoms with Crippen molar-refractivity contribution in [1.82, 2.24) is 0 Å². The number of aliphatic imine (C=N–C) groups is 1.